The van der Waals surface area contributed by atoms with Gasteiger partial charge in [-0.2, -0.15) is 5.10 Å². The maximum Gasteiger partial charge on any atom is 0.254 e. The minimum absolute atomic E-state index is 0.0283. The van der Waals surface area contributed by atoms with Crippen molar-refractivity contribution in [3.05, 3.63) is 35.4 Å². The average Bonchev–Trinajstić information content (AvgIpc) is 2.42. The summed E-state index contributed by atoms with van der Waals surface area (Å²) in [6.45, 7) is 4.53. The molecule has 114 valence electrons. The van der Waals surface area contributed by atoms with Crippen molar-refractivity contribution in [3.63, 3.8) is 0 Å². The molecule has 0 unspecified atom stereocenters. The van der Waals surface area contributed by atoms with Crippen molar-refractivity contribution >= 4 is 12.1 Å². The molecular formula is C17H25N3O. The van der Waals surface area contributed by atoms with E-state index >= 15 is 0 Å². The molecule has 1 aliphatic rings. The molecule has 0 radical (unpaired) electrons. The molecule has 1 aliphatic heterocycles. The third kappa shape index (κ3) is 6.08. The van der Waals surface area contributed by atoms with Crippen LogP contribution in [0.1, 0.15) is 43.2 Å². The third-order valence-electron chi connectivity index (χ3n) is 3.76. The molecule has 0 spiro atoms. The lowest BCUT2D eigenvalue weighted by molar-refractivity contribution is -0.122. The van der Waals surface area contributed by atoms with Crippen molar-refractivity contribution in [2.45, 2.75) is 39.0 Å². The first kappa shape index (κ1) is 15.7. The summed E-state index contributed by atoms with van der Waals surface area (Å²) >= 11 is 0. The molecule has 1 fully saturated rings. The van der Waals surface area contributed by atoms with E-state index in [1.54, 1.807) is 6.21 Å². The van der Waals surface area contributed by atoms with Gasteiger partial charge in [0, 0.05) is 0 Å². The number of hydrazone groups is 1. The highest BCUT2D eigenvalue weighted by molar-refractivity contribution is 5.83. The highest BCUT2D eigenvalue weighted by Gasteiger charge is 2.11. The molecule has 4 heteroatoms. The number of nitrogens with one attached hydrogen (secondary N) is 1. The maximum absolute atomic E-state index is 11.9. The van der Waals surface area contributed by atoms with E-state index in [1.807, 2.05) is 31.2 Å². The second-order valence-electron chi connectivity index (χ2n) is 5.75. The summed E-state index contributed by atoms with van der Waals surface area (Å²) in [5.41, 5.74) is 4.81. The number of benzene rings is 1. The van der Waals surface area contributed by atoms with E-state index in [1.165, 1.54) is 37.7 Å². The van der Waals surface area contributed by atoms with Crippen LogP contribution in [0.2, 0.25) is 0 Å². The Morgan fingerprint density at radius 1 is 1.24 bits per heavy atom. The number of carbonyl (C=O) groups excluding carboxylic acids is 1. The smallest absolute Gasteiger partial charge is 0.254 e. The first-order valence-electron chi connectivity index (χ1n) is 7.85. The monoisotopic (exact) mass is 287 g/mol. The number of aryl methyl sites for hydroxylation is 1. The number of hydrogen-bond donors (Lipinski definition) is 1. The Morgan fingerprint density at radius 2 is 1.95 bits per heavy atom. The molecule has 1 aromatic carbocycles. The minimum atomic E-state index is -0.0283. The van der Waals surface area contributed by atoms with Crippen LogP contribution in [0.3, 0.4) is 0 Å². The molecule has 1 aromatic rings. The lowest BCUT2D eigenvalue weighted by atomic mass is 10.1. The average molecular weight is 287 g/mol. The number of likely N-dealkylation sites (tertiary alicyclic amines) is 1. The predicted octanol–water partition coefficient (Wildman–Crippen LogP) is 2.71. The van der Waals surface area contributed by atoms with E-state index in [9.17, 15) is 4.79 Å². The highest BCUT2D eigenvalue weighted by atomic mass is 16.2. The van der Waals surface area contributed by atoms with Crippen LogP contribution in [0.15, 0.2) is 29.4 Å². The van der Waals surface area contributed by atoms with Crippen molar-refractivity contribution in [2.24, 2.45) is 5.10 Å². The molecule has 0 atom stereocenters. The van der Waals surface area contributed by atoms with Crippen molar-refractivity contribution in [1.82, 2.24) is 10.3 Å². The lowest BCUT2D eigenvalue weighted by Crippen LogP contribution is -2.37. The van der Waals surface area contributed by atoms with E-state index < -0.39 is 0 Å². The summed E-state index contributed by atoms with van der Waals surface area (Å²) in [4.78, 5) is 14.1. The summed E-state index contributed by atoms with van der Waals surface area (Å²) in [7, 11) is 0. The van der Waals surface area contributed by atoms with Gasteiger partial charge in [0.25, 0.3) is 5.91 Å². The molecule has 0 aliphatic carbocycles. The largest absolute Gasteiger partial charge is 0.294 e. The van der Waals surface area contributed by atoms with Crippen molar-refractivity contribution in [3.8, 4) is 0 Å². The van der Waals surface area contributed by atoms with Crippen LogP contribution in [0.4, 0.5) is 0 Å². The van der Waals surface area contributed by atoms with Gasteiger partial charge in [-0.15, -0.1) is 0 Å². The van der Waals surface area contributed by atoms with Gasteiger partial charge in [0.05, 0.1) is 12.8 Å². The topological polar surface area (TPSA) is 44.7 Å². The van der Waals surface area contributed by atoms with Crippen molar-refractivity contribution in [2.75, 3.05) is 19.6 Å². The highest BCUT2D eigenvalue weighted by Crippen LogP contribution is 2.09. The zero-order valence-electron chi connectivity index (χ0n) is 12.8. The number of amides is 1. The Hall–Kier alpha value is -1.68. The first-order chi connectivity index (χ1) is 10.2. The van der Waals surface area contributed by atoms with Crippen LogP contribution < -0.4 is 5.43 Å². The summed E-state index contributed by atoms with van der Waals surface area (Å²) in [6.07, 6.45) is 7.98. The minimum Gasteiger partial charge on any atom is -0.294 e. The van der Waals surface area contributed by atoms with Crippen LogP contribution in [0.25, 0.3) is 0 Å². The van der Waals surface area contributed by atoms with Crippen LogP contribution >= 0.6 is 0 Å². The molecule has 0 aromatic heterocycles. The van der Waals surface area contributed by atoms with Crippen LogP contribution in [0, 0.1) is 6.92 Å². The second kappa shape index (κ2) is 8.57. The molecule has 4 nitrogen and oxygen atoms in total. The summed E-state index contributed by atoms with van der Waals surface area (Å²) in [5.74, 6) is -0.0283. The van der Waals surface area contributed by atoms with Crippen LogP contribution in [-0.4, -0.2) is 36.7 Å². The van der Waals surface area contributed by atoms with E-state index in [-0.39, 0.29) is 5.91 Å². The van der Waals surface area contributed by atoms with E-state index in [0.717, 1.165) is 18.7 Å². The van der Waals surface area contributed by atoms with Gasteiger partial charge in [-0.3, -0.25) is 9.69 Å². The molecule has 0 bridgehead atoms. The Morgan fingerprint density at radius 3 is 2.67 bits per heavy atom. The Bertz CT molecular complexity index is 477. The quantitative estimate of drug-likeness (QED) is 0.683. The molecule has 1 saturated heterocycles. The first-order valence-corrected chi connectivity index (χ1v) is 7.85. The number of rotatable bonds is 4. The maximum atomic E-state index is 11.9. The Kier molecular flexibility index (Phi) is 6.41. The third-order valence-corrected chi connectivity index (χ3v) is 3.76. The fourth-order valence-electron chi connectivity index (χ4n) is 2.64. The van der Waals surface area contributed by atoms with Gasteiger partial charge in [0.2, 0.25) is 0 Å². The van der Waals surface area contributed by atoms with Crippen molar-refractivity contribution in [1.29, 1.82) is 0 Å². The summed E-state index contributed by atoms with van der Waals surface area (Å²) in [5, 5.41) is 4.04. The van der Waals surface area contributed by atoms with Gasteiger partial charge < -0.3 is 0 Å². The van der Waals surface area contributed by atoms with E-state index in [2.05, 4.69) is 15.4 Å². The predicted molar refractivity (Wildman–Crippen MR) is 86.4 cm³/mol. The van der Waals surface area contributed by atoms with Gasteiger partial charge in [0.15, 0.2) is 0 Å². The second-order valence-corrected chi connectivity index (χ2v) is 5.75. The molecule has 21 heavy (non-hydrogen) atoms. The van der Waals surface area contributed by atoms with E-state index in [0.29, 0.717) is 6.54 Å². The molecule has 1 N–H and O–H groups in total. The molecule has 1 heterocycles. The van der Waals surface area contributed by atoms with Gasteiger partial charge in [-0.1, -0.05) is 49.1 Å². The number of nitrogens with zero attached hydrogens (tertiary/aromatic N) is 2. The normalized spacial score (nSPS) is 17.4. The van der Waals surface area contributed by atoms with Gasteiger partial charge in [-0.25, -0.2) is 5.43 Å². The lowest BCUT2D eigenvalue weighted by Gasteiger charge is -2.23. The zero-order valence-corrected chi connectivity index (χ0v) is 12.8. The van der Waals surface area contributed by atoms with E-state index in [4.69, 9.17) is 0 Å². The molecule has 1 amide bonds. The van der Waals surface area contributed by atoms with Crippen LogP contribution in [-0.2, 0) is 4.79 Å². The Labute approximate surface area is 127 Å². The zero-order chi connectivity index (χ0) is 14.9. The summed E-state index contributed by atoms with van der Waals surface area (Å²) < 4.78 is 0. The fraction of sp³-hybridized carbons (Fsp3) is 0.529. The molecular weight excluding hydrogens is 262 g/mol. The van der Waals surface area contributed by atoms with Crippen molar-refractivity contribution < 1.29 is 4.79 Å². The number of hydrogen-bond acceptors (Lipinski definition) is 3. The number of carbonyl (C=O) groups is 1. The molecule has 2 rings (SSSR count). The van der Waals surface area contributed by atoms with Gasteiger partial charge in [-0.05, 0) is 38.4 Å². The SMILES string of the molecule is Cc1cccc(/C=N\NC(=O)CN2CCCCCCC2)c1. The summed E-state index contributed by atoms with van der Waals surface area (Å²) in [6, 6.07) is 8.03. The van der Waals surface area contributed by atoms with Crippen LogP contribution in [0.5, 0.6) is 0 Å². The van der Waals surface area contributed by atoms with Gasteiger partial charge >= 0.3 is 0 Å². The van der Waals surface area contributed by atoms with Gasteiger partial charge in [0.1, 0.15) is 0 Å². The standard InChI is InChI=1S/C17H25N3O/c1-15-8-7-9-16(12-15)13-18-19-17(21)14-20-10-5-3-2-4-6-11-20/h7-9,12-13H,2-6,10-11,14H2,1H3,(H,19,21)/b18-13-. The Balaban J connectivity index is 1.76. The fourth-order valence-corrected chi connectivity index (χ4v) is 2.64. The molecule has 0 saturated carbocycles.